The number of amides is 2. The number of carbonyl (C=O) groups is 2. The smallest absolute Gasteiger partial charge is 0.409 e. The maximum Gasteiger partial charge on any atom is 0.409 e. The van der Waals surface area contributed by atoms with Gasteiger partial charge in [0, 0.05) is 42.9 Å². The van der Waals surface area contributed by atoms with Crippen molar-refractivity contribution in [1.82, 2.24) is 34.2 Å². The van der Waals surface area contributed by atoms with Crippen LogP contribution in [0.5, 0.6) is 0 Å². The van der Waals surface area contributed by atoms with Crippen LogP contribution in [-0.2, 0) is 27.6 Å². The van der Waals surface area contributed by atoms with Gasteiger partial charge in [0.2, 0.25) is 5.91 Å². The molecule has 3 atom stereocenters. The number of aromatic nitrogens is 6. The number of methoxy groups -OCH3 is 1. The molecule has 0 radical (unpaired) electrons. The molecular formula is C25H25N9O9. The Morgan fingerprint density at radius 1 is 1.26 bits per heavy atom. The first-order valence-electron chi connectivity index (χ1n) is 13.0. The second-order valence-electron chi connectivity index (χ2n) is 10.7. The Morgan fingerprint density at radius 2 is 2.02 bits per heavy atom. The van der Waals surface area contributed by atoms with Crippen LogP contribution in [0.4, 0.5) is 16.4 Å². The van der Waals surface area contributed by atoms with E-state index in [-0.39, 0.29) is 53.3 Å². The molecule has 2 aliphatic heterocycles. The van der Waals surface area contributed by atoms with Crippen molar-refractivity contribution in [3.05, 3.63) is 51.7 Å². The minimum absolute atomic E-state index is 0.0584. The van der Waals surface area contributed by atoms with E-state index in [1.165, 1.54) is 10.7 Å². The van der Waals surface area contributed by atoms with Crippen LogP contribution in [0.3, 0.4) is 0 Å². The highest BCUT2D eigenvalue weighted by molar-refractivity contribution is 5.94. The van der Waals surface area contributed by atoms with Gasteiger partial charge in [-0.15, -0.1) is 0 Å². The van der Waals surface area contributed by atoms with Crippen LogP contribution in [0.25, 0.3) is 22.1 Å². The molecule has 43 heavy (non-hydrogen) atoms. The first-order chi connectivity index (χ1) is 20.3. The molecule has 2 aliphatic carbocycles. The van der Waals surface area contributed by atoms with Crippen molar-refractivity contribution < 1.29 is 39.9 Å². The van der Waals surface area contributed by atoms with Gasteiger partial charge in [0.25, 0.3) is 0 Å². The van der Waals surface area contributed by atoms with E-state index in [9.17, 15) is 39.9 Å². The summed E-state index contributed by atoms with van der Waals surface area (Å²) in [5.74, 6) is -0.562. The average Bonchev–Trinajstić information content (AvgIpc) is 3.48. The number of anilines is 2. The van der Waals surface area contributed by atoms with Crippen LogP contribution in [0.15, 0.2) is 40.3 Å². The normalized spacial score (nSPS) is 24.0. The molecule has 4 aliphatic rings. The predicted octanol–water partition coefficient (Wildman–Crippen LogP) is -2.35. The quantitative estimate of drug-likeness (QED) is 0.0888. The predicted molar refractivity (Wildman–Crippen MR) is 143 cm³/mol. The second kappa shape index (κ2) is 8.58. The average molecular weight is 596 g/mol. The van der Waals surface area contributed by atoms with Gasteiger partial charge in [0.05, 0.1) is 36.1 Å². The molecule has 0 fully saturated rings. The molecule has 18 nitrogen and oxygen atoms in total. The Bertz CT molecular complexity index is 1990. The summed E-state index contributed by atoms with van der Waals surface area (Å²) in [4.78, 5) is 48.6. The fraction of sp³-hybridized carbons (Fsp3) is 0.360. The van der Waals surface area contributed by atoms with Gasteiger partial charge in [-0.1, -0.05) is 0 Å². The van der Waals surface area contributed by atoms with E-state index in [2.05, 4.69) is 25.7 Å². The summed E-state index contributed by atoms with van der Waals surface area (Å²) in [6.07, 6.45) is -4.08. The van der Waals surface area contributed by atoms with Gasteiger partial charge in [-0.25, -0.2) is 28.8 Å². The van der Waals surface area contributed by atoms with E-state index in [1.807, 2.05) is 0 Å². The third-order valence-corrected chi connectivity index (χ3v) is 8.33. The van der Waals surface area contributed by atoms with Gasteiger partial charge >= 0.3 is 17.9 Å². The van der Waals surface area contributed by atoms with Crippen molar-refractivity contribution in [3.8, 4) is 0 Å². The molecule has 2 amide bonds. The van der Waals surface area contributed by atoms with Crippen molar-refractivity contribution in [3.63, 3.8) is 0 Å². The highest BCUT2D eigenvalue weighted by Crippen LogP contribution is 2.60. The van der Waals surface area contributed by atoms with E-state index in [4.69, 9.17) is 10.5 Å². The van der Waals surface area contributed by atoms with E-state index in [0.717, 1.165) is 17.9 Å². The number of carbonyl (C=O) groups excluding carboxylic acids is 2. The fourth-order valence-corrected chi connectivity index (χ4v) is 6.68. The summed E-state index contributed by atoms with van der Waals surface area (Å²) < 4.78 is 7.37. The summed E-state index contributed by atoms with van der Waals surface area (Å²) >= 11 is 0. The van der Waals surface area contributed by atoms with Gasteiger partial charge in [0.1, 0.15) is 11.6 Å². The lowest BCUT2D eigenvalue weighted by Gasteiger charge is -2.46. The van der Waals surface area contributed by atoms with Crippen molar-refractivity contribution in [2.75, 3.05) is 19.0 Å². The number of rotatable bonds is 5. The van der Waals surface area contributed by atoms with Crippen LogP contribution < -0.4 is 22.1 Å². The van der Waals surface area contributed by atoms with E-state index >= 15 is 0 Å². The van der Waals surface area contributed by atoms with Crippen LogP contribution >= 0.6 is 0 Å². The van der Waals surface area contributed by atoms with Gasteiger partial charge < -0.3 is 41.3 Å². The number of aliphatic hydroxyl groups excluding tert-OH is 1. The Kier molecular flexibility index (Phi) is 5.39. The number of pyridine rings is 2. The summed E-state index contributed by atoms with van der Waals surface area (Å²) in [6.45, 7) is -0.270. The highest BCUT2D eigenvalue weighted by Gasteiger charge is 2.67. The zero-order valence-corrected chi connectivity index (χ0v) is 22.3. The molecule has 0 spiro atoms. The number of allylic oxidation sites excluding steroid dienone is 1. The van der Waals surface area contributed by atoms with Crippen molar-refractivity contribution in [1.29, 1.82) is 0 Å². The number of primary amides is 1. The SMILES string of the molecule is COC(=O)NC1(O)CC2C3=C1C(C(N)=O)(C3)n1nc(CCO)c3ccc(nc31)Nc1cc3c(cn1)n(C(O)(O)O)c(=O)n32. The van der Waals surface area contributed by atoms with Gasteiger partial charge in [0.15, 0.2) is 16.9 Å². The van der Waals surface area contributed by atoms with Crippen molar-refractivity contribution in [2.24, 2.45) is 5.73 Å². The van der Waals surface area contributed by atoms with Crippen molar-refractivity contribution >= 4 is 45.7 Å². The number of nitrogens with zero attached hydrogens (tertiary/aromatic N) is 6. The fourth-order valence-electron chi connectivity index (χ4n) is 6.68. The molecule has 4 aromatic rings. The molecule has 3 unspecified atom stereocenters. The molecule has 224 valence electrons. The van der Waals surface area contributed by atoms with E-state index in [1.54, 1.807) is 12.1 Å². The van der Waals surface area contributed by atoms with Crippen LogP contribution in [-0.4, -0.2) is 85.9 Å². The molecule has 9 N–H and O–H groups in total. The number of imidazole rings is 1. The molecular weight excluding hydrogens is 570 g/mol. The number of ether oxygens (including phenoxy) is 1. The lowest BCUT2D eigenvalue weighted by Crippen LogP contribution is -2.62. The second-order valence-corrected chi connectivity index (χ2v) is 10.7. The lowest BCUT2D eigenvalue weighted by atomic mass is 9.68. The minimum atomic E-state index is -3.63. The molecule has 0 saturated heterocycles. The molecule has 8 bridgehead atoms. The first kappa shape index (κ1) is 27.0. The number of alkyl carbamates (subject to hydrolysis) is 1. The molecule has 18 heteroatoms. The Balaban J connectivity index is 1.61. The molecule has 4 aromatic heterocycles. The van der Waals surface area contributed by atoms with Crippen LogP contribution in [0.1, 0.15) is 24.6 Å². The zero-order chi connectivity index (χ0) is 30.6. The molecule has 6 heterocycles. The zero-order valence-electron chi connectivity index (χ0n) is 22.3. The summed E-state index contributed by atoms with van der Waals surface area (Å²) in [5.41, 5.74) is 1.39. The van der Waals surface area contributed by atoms with Crippen molar-refractivity contribution in [2.45, 2.75) is 42.7 Å². The van der Waals surface area contributed by atoms with E-state index < -0.39 is 47.5 Å². The summed E-state index contributed by atoms with van der Waals surface area (Å²) in [7, 11) is 1.07. The maximum atomic E-state index is 13.8. The summed E-state index contributed by atoms with van der Waals surface area (Å²) in [5, 5.41) is 62.5. The molecule has 0 saturated carbocycles. The standard InChI is InChI=1S/C25H25N9O9/c1-43-21(37)30-24(39)8-14-11-7-23(18(11)24,20(26)36)34-19-10(12(31-34)4-5-35)2-3-16(29-19)28-17-6-13-15(9-27-17)33(25(40,41)42)22(38)32(13)14/h2-3,6,9,14,35,39-42H,4-5,7-8H2,1H3,(H2,26,36)(H,30,37)(H,27,28,29). The Labute approximate surface area is 239 Å². The first-order valence-corrected chi connectivity index (χ1v) is 13.0. The molecule has 0 aromatic carbocycles. The maximum absolute atomic E-state index is 13.8. The third kappa shape index (κ3) is 3.45. The number of nitrogens with two attached hydrogens (primary N) is 1. The summed E-state index contributed by atoms with van der Waals surface area (Å²) in [6, 6.07) is 3.57. The number of hydrogen-bond donors (Lipinski definition) is 8. The van der Waals surface area contributed by atoms with Gasteiger partial charge in [-0.3, -0.25) is 14.7 Å². The van der Waals surface area contributed by atoms with Crippen LogP contribution in [0, 0.1) is 0 Å². The topological polar surface area (TPSA) is 265 Å². The largest absolute Gasteiger partial charge is 0.453 e. The Hall–Kier alpha value is -4.88. The minimum Gasteiger partial charge on any atom is -0.453 e. The Morgan fingerprint density at radius 3 is 2.70 bits per heavy atom. The highest BCUT2D eigenvalue weighted by atomic mass is 16.7. The van der Waals surface area contributed by atoms with E-state index in [0.29, 0.717) is 21.2 Å². The molecule has 8 rings (SSSR count). The van der Waals surface area contributed by atoms with Gasteiger partial charge in [-0.05, 0) is 17.7 Å². The van der Waals surface area contributed by atoms with Crippen LogP contribution in [0.2, 0.25) is 0 Å². The number of hydrogen-bond acceptors (Lipinski definition) is 13. The number of aliphatic hydroxyl groups is 5. The number of nitrogens with one attached hydrogen (secondary N) is 2. The lowest BCUT2D eigenvalue weighted by molar-refractivity contribution is -0.374. The van der Waals surface area contributed by atoms with Gasteiger partial charge in [-0.2, -0.15) is 5.10 Å². The third-order valence-electron chi connectivity index (χ3n) is 8.33. The monoisotopic (exact) mass is 595 g/mol.